The molecule has 1 aliphatic heterocycles. The van der Waals surface area contributed by atoms with Crippen LogP contribution in [-0.2, 0) is 11.3 Å². The predicted molar refractivity (Wildman–Crippen MR) is 89.4 cm³/mol. The highest BCUT2D eigenvalue weighted by Crippen LogP contribution is 2.37. The van der Waals surface area contributed by atoms with Crippen molar-refractivity contribution in [3.05, 3.63) is 21.9 Å². The number of hydrogen-bond acceptors (Lipinski definition) is 5. The quantitative estimate of drug-likeness (QED) is 0.821. The zero-order valence-corrected chi connectivity index (χ0v) is 14.4. The SMILES string of the molecule is CC(=O)N[C@@H]1C[C@@H]2CN(Cc3csc(C(C)=O)c3)C[C@@H]2C[C@H]1O. The van der Waals surface area contributed by atoms with E-state index >= 15 is 0 Å². The molecule has 3 rings (SSSR count). The van der Waals surface area contributed by atoms with Gasteiger partial charge >= 0.3 is 0 Å². The van der Waals surface area contributed by atoms with Gasteiger partial charge in [0.15, 0.2) is 5.78 Å². The summed E-state index contributed by atoms with van der Waals surface area (Å²) in [7, 11) is 0. The number of thiophene rings is 1. The van der Waals surface area contributed by atoms with Gasteiger partial charge in [-0.2, -0.15) is 0 Å². The molecule has 4 atom stereocenters. The van der Waals surface area contributed by atoms with Crippen molar-refractivity contribution in [1.29, 1.82) is 0 Å². The molecule has 1 amide bonds. The summed E-state index contributed by atoms with van der Waals surface area (Å²) in [5.41, 5.74) is 1.19. The van der Waals surface area contributed by atoms with Gasteiger partial charge in [-0.1, -0.05) is 0 Å². The van der Waals surface area contributed by atoms with Gasteiger partial charge in [0.2, 0.25) is 5.91 Å². The Morgan fingerprint density at radius 2 is 2.00 bits per heavy atom. The van der Waals surface area contributed by atoms with Crippen LogP contribution in [0.1, 0.15) is 41.9 Å². The molecule has 6 heteroatoms. The van der Waals surface area contributed by atoms with Crippen LogP contribution in [-0.4, -0.2) is 46.9 Å². The first-order chi connectivity index (χ1) is 10.9. The highest BCUT2D eigenvalue weighted by molar-refractivity contribution is 7.12. The zero-order chi connectivity index (χ0) is 16.6. The molecule has 23 heavy (non-hydrogen) atoms. The van der Waals surface area contributed by atoms with Crippen molar-refractivity contribution in [2.45, 2.75) is 45.4 Å². The second-order valence-corrected chi connectivity index (χ2v) is 7.85. The first-order valence-corrected chi connectivity index (χ1v) is 9.06. The molecule has 1 saturated heterocycles. The molecule has 126 valence electrons. The number of rotatable bonds is 4. The van der Waals surface area contributed by atoms with Gasteiger partial charge in [0.25, 0.3) is 0 Å². The van der Waals surface area contributed by atoms with E-state index in [0.29, 0.717) is 11.8 Å². The van der Waals surface area contributed by atoms with Crippen molar-refractivity contribution in [2.24, 2.45) is 11.8 Å². The van der Waals surface area contributed by atoms with E-state index in [2.05, 4.69) is 15.6 Å². The number of aliphatic hydroxyl groups is 1. The number of carbonyl (C=O) groups is 2. The van der Waals surface area contributed by atoms with Crippen molar-refractivity contribution in [3.63, 3.8) is 0 Å². The molecular formula is C17H24N2O3S. The summed E-state index contributed by atoms with van der Waals surface area (Å²) in [5.74, 6) is 1.08. The fourth-order valence-electron chi connectivity index (χ4n) is 3.97. The maximum atomic E-state index is 11.4. The van der Waals surface area contributed by atoms with Crippen LogP contribution in [0.3, 0.4) is 0 Å². The third-order valence-corrected chi connectivity index (χ3v) is 6.09. The van der Waals surface area contributed by atoms with E-state index < -0.39 is 6.10 Å². The number of nitrogens with zero attached hydrogens (tertiary/aromatic N) is 1. The minimum atomic E-state index is -0.439. The molecule has 0 unspecified atom stereocenters. The van der Waals surface area contributed by atoms with Gasteiger partial charge in [-0.15, -0.1) is 11.3 Å². The number of nitrogens with one attached hydrogen (secondary N) is 1. The summed E-state index contributed by atoms with van der Waals surface area (Å²) < 4.78 is 0. The Morgan fingerprint density at radius 3 is 2.61 bits per heavy atom. The fraction of sp³-hybridized carbons (Fsp3) is 0.647. The van der Waals surface area contributed by atoms with Crippen LogP contribution in [0.25, 0.3) is 0 Å². The van der Waals surface area contributed by atoms with Gasteiger partial charge < -0.3 is 10.4 Å². The summed E-state index contributed by atoms with van der Waals surface area (Å²) in [6.07, 6.45) is 1.17. The lowest BCUT2D eigenvalue weighted by molar-refractivity contribution is -0.121. The highest BCUT2D eigenvalue weighted by Gasteiger charge is 2.41. The molecule has 2 fully saturated rings. The maximum absolute atomic E-state index is 11.4. The van der Waals surface area contributed by atoms with Crippen LogP contribution in [0.5, 0.6) is 0 Å². The van der Waals surface area contributed by atoms with Crippen LogP contribution >= 0.6 is 11.3 Å². The van der Waals surface area contributed by atoms with Crippen LogP contribution in [0.15, 0.2) is 11.4 Å². The average molecular weight is 336 g/mol. The third kappa shape index (κ3) is 3.82. The number of aliphatic hydroxyl groups excluding tert-OH is 1. The molecule has 1 aromatic heterocycles. The van der Waals surface area contributed by atoms with E-state index in [4.69, 9.17) is 0 Å². The lowest BCUT2D eigenvalue weighted by Crippen LogP contribution is -2.48. The summed E-state index contributed by atoms with van der Waals surface area (Å²) in [4.78, 5) is 25.9. The number of amides is 1. The first kappa shape index (κ1) is 16.6. The van der Waals surface area contributed by atoms with Crippen molar-refractivity contribution in [1.82, 2.24) is 10.2 Å². The molecule has 2 heterocycles. The van der Waals surface area contributed by atoms with Crippen LogP contribution in [0.4, 0.5) is 0 Å². The highest BCUT2D eigenvalue weighted by atomic mass is 32.1. The Morgan fingerprint density at radius 1 is 1.30 bits per heavy atom. The zero-order valence-electron chi connectivity index (χ0n) is 13.6. The molecule has 0 aromatic carbocycles. The number of Topliss-reactive ketones (excluding diaryl/α,β-unsaturated/α-hetero) is 1. The molecule has 0 radical (unpaired) electrons. The van der Waals surface area contributed by atoms with Gasteiger partial charge in [0.1, 0.15) is 0 Å². The van der Waals surface area contributed by atoms with Gasteiger partial charge in [-0.3, -0.25) is 14.5 Å². The molecule has 2 aliphatic rings. The smallest absolute Gasteiger partial charge is 0.217 e. The number of likely N-dealkylation sites (tertiary alicyclic amines) is 1. The van der Waals surface area contributed by atoms with Crippen LogP contribution < -0.4 is 5.32 Å². The van der Waals surface area contributed by atoms with Gasteiger partial charge in [0, 0.05) is 26.6 Å². The Balaban J connectivity index is 1.59. The lowest BCUT2D eigenvalue weighted by Gasteiger charge is -2.35. The molecule has 1 aromatic rings. The minimum Gasteiger partial charge on any atom is -0.391 e. The van der Waals surface area contributed by atoms with E-state index in [9.17, 15) is 14.7 Å². The van der Waals surface area contributed by atoms with E-state index in [1.165, 1.54) is 23.8 Å². The first-order valence-electron chi connectivity index (χ1n) is 8.18. The van der Waals surface area contributed by atoms with Crippen molar-refractivity contribution in [2.75, 3.05) is 13.1 Å². The molecule has 1 aliphatic carbocycles. The number of fused-ring (bicyclic) bond motifs is 1. The lowest BCUT2D eigenvalue weighted by atomic mass is 9.77. The number of hydrogen-bond donors (Lipinski definition) is 2. The maximum Gasteiger partial charge on any atom is 0.217 e. The summed E-state index contributed by atoms with van der Waals surface area (Å²) in [6, 6.07) is 1.88. The normalized spacial score (nSPS) is 30.9. The third-order valence-electron chi connectivity index (χ3n) is 5.01. The molecule has 1 saturated carbocycles. The van der Waals surface area contributed by atoms with Crippen LogP contribution in [0, 0.1) is 11.8 Å². The Bertz CT molecular complexity index is 600. The largest absolute Gasteiger partial charge is 0.391 e. The van der Waals surface area contributed by atoms with E-state index in [1.807, 2.05) is 6.07 Å². The van der Waals surface area contributed by atoms with Crippen molar-refractivity contribution < 1.29 is 14.7 Å². The second-order valence-electron chi connectivity index (χ2n) is 6.94. The van der Waals surface area contributed by atoms with E-state index in [1.54, 1.807) is 6.92 Å². The minimum absolute atomic E-state index is 0.0719. The van der Waals surface area contributed by atoms with Crippen molar-refractivity contribution in [3.8, 4) is 0 Å². The molecule has 2 N–H and O–H groups in total. The number of ketones is 1. The topological polar surface area (TPSA) is 69.6 Å². The Hall–Kier alpha value is -1.24. The molecular weight excluding hydrogens is 312 g/mol. The van der Waals surface area contributed by atoms with E-state index in [0.717, 1.165) is 37.4 Å². The molecule has 0 bridgehead atoms. The van der Waals surface area contributed by atoms with Gasteiger partial charge in [-0.25, -0.2) is 0 Å². The standard InChI is InChI=1S/C17H24N2O3S/c1-10(20)17-3-12(9-23-17)6-19-7-13-4-15(18-11(2)21)16(22)5-14(13)8-19/h3,9,13-16,22H,4-8H2,1-2H3,(H,18,21)/t13-,14+,15-,16-/m1/s1. The van der Waals surface area contributed by atoms with Gasteiger partial charge in [-0.05, 0) is 48.6 Å². The predicted octanol–water partition coefficient (Wildman–Crippen LogP) is 1.66. The summed E-state index contributed by atoms with van der Waals surface area (Å²) in [5, 5.41) is 15.2. The summed E-state index contributed by atoms with van der Waals surface area (Å²) in [6.45, 7) is 5.95. The van der Waals surface area contributed by atoms with E-state index in [-0.39, 0.29) is 17.7 Å². The molecule has 5 nitrogen and oxygen atoms in total. The second kappa shape index (κ2) is 6.71. The monoisotopic (exact) mass is 336 g/mol. The molecule has 0 spiro atoms. The average Bonchev–Trinajstić information content (AvgIpc) is 3.05. The Labute approximate surface area is 140 Å². The van der Waals surface area contributed by atoms with Crippen molar-refractivity contribution >= 4 is 23.0 Å². The summed E-state index contributed by atoms with van der Waals surface area (Å²) >= 11 is 1.51. The van der Waals surface area contributed by atoms with Crippen LogP contribution in [0.2, 0.25) is 0 Å². The van der Waals surface area contributed by atoms with Gasteiger partial charge in [0.05, 0.1) is 17.0 Å². The number of carbonyl (C=O) groups excluding carboxylic acids is 2. The Kier molecular flexibility index (Phi) is 4.85. The fourth-order valence-corrected chi connectivity index (χ4v) is 4.78.